The van der Waals surface area contributed by atoms with Crippen LogP contribution in [-0.2, 0) is 0 Å². The molecule has 0 radical (unpaired) electrons. The molecular weight excluding hydrogens is 396 g/mol. The number of benzene rings is 1. The van der Waals surface area contributed by atoms with Gasteiger partial charge in [-0.2, -0.15) is 0 Å². The maximum atomic E-state index is 13.2. The molecule has 1 fully saturated rings. The zero-order chi connectivity index (χ0) is 21.9. The average Bonchev–Trinajstić information content (AvgIpc) is 2.82. The van der Waals surface area contributed by atoms with Crippen LogP contribution in [0, 0.1) is 17.8 Å². The van der Waals surface area contributed by atoms with Gasteiger partial charge in [0.05, 0.1) is 5.69 Å². The Kier molecular flexibility index (Phi) is 5.99. The third-order valence-electron chi connectivity index (χ3n) is 7.04. The zero-order valence-corrected chi connectivity index (χ0v) is 18.3. The Hall–Kier alpha value is -3.05. The van der Waals surface area contributed by atoms with Crippen LogP contribution in [0.25, 0.3) is 17.3 Å². The predicted octanol–water partition coefficient (Wildman–Crippen LogP) is 4.96. The van der Waals surface area contributed by atoms with Gasteiger partial charge in [0.2, 0.25) is 0 Å². The topological polar surface area (TPSA) is 80.4 Å². The number of nitrogens with two attached hydrogens (primary N) is 1. The van der Waals surface area contributed by atoms with Gasteiger partial charge in [-0.1, -0.05) is 42.5 Å². The monoisotopic (exact) mass is 426 g/mol. The van der Waals surface area contributed by atoms with E-state index in [0.29, 0.717) is 17.5 Å². The molecule has 164 valence electrons. The van der Waals surface area contributed by atoms with Gasteiger partial charge in [0, 0.05) is 35.6 Å². The Morgan fingerprint density at radius 2 is 1.88 bits per heavy atom. The second-order valence-electron chi connectivity index (χ2n) is 9.28. The number of allylic oxidation sites excluding steroid dienone is 2. The van der Waals surface area contributed by atoms with Crippen LogP contribution in [0.2, 0.25) is 0 Å². The van der Waals surface area contributed by atoms with Crippen molar-refractivity contribution in [3.05, 3.63) is 71.7 Å². The number of nitrogens with one attached hydrogen (secondary N) is 1. The molecule has 0 saturated heterocycles. The van der Waals surface area contributed by atoms with Crippen LogP contribution < -0.4 is 11.1 Å². The molecule has 4 unspecified atom stereocenters. The van der Waals surface area contributed by atoms with Gasteiger partial charge in [-0.25, -0.2) is 4.98 Å². The van der Waals surface area contributed by atoms with Gasteiger partial charge in [0.25, 0.3) is 5.91 Å². The van der Waals surface area contributed by atoms with E-state index in [9.17, 15) is 4.79 Å². The number of nitrogens with zero attached hydrogens (tertiary/aromatic N) is 2. The summed E-state index contributed by atoms with van der Waals surface area (Å²) in [7, 11) is 0. The first-order valence-electron chi connectivity index (χ1n) is 11.7. The van der Waals surface area contributed by atoms with E-state index in [1.54, 1.807) is 6.07 Å². The Morgan fingerprint density at radius 3 is 2.81 bits per heavy atom. The van der Waals surface area contributed by atoms with Crippen LogP contribution in [0.3, 0.4) is 0 Å². The van der Waals surface area contributed by atoms with Crippen LogP contribution in [0.4, 0.5) is 0 Å². The fraction of sp³-hybridized carbons (Fsp3) is 0.370. The van der Waals surface area contributed by atoms with Crippen molar-refractivity contribution in [3.63, 3.8) is 0 Å². The summed E-state index contributed by atoms with van der Waals surface area (Å²) < 4.78 is 0. The highest BCUT2D eigenvalue weighted by Crippen LogP contribution is 2.40. The molecular formula is C27H30N4O. The van der Waals surface area contributed by atoms with Crippen molar-refractivity contribution >= 4 is 18.2 Å². The number of rotatable bonds is 0. The van der Waals surface area contributed by atoms with Gasteiger partial charge in [-0.15, -0.1) is 0 Å². The van der Waals surface area contributed by atoms with Crippen LogP contribution in [0.1, 0.15) is 54.6 Å². The molecule has 1 saturated carbocycles. The van der Waals surface area contributed by atoms with Gasteiger partial charge in [0.1, 0.15) is 5.69 Å². The highest BCUT2D eigenvalue weighted by Gasteiger charge is 2.34. The number of aliphatic imine (C=N–C) groups is 1. The number of amides is 1. The van der Waals surface area contributed by atoms with E-state index in [1.807, 2.05) is 36.7 Å². The summed E-state index contributed by atoms with van der Waals surface area (Å²) >= 11 is 0. The summed E-state index contributed by atoms with van der Waals surface area (Å²) in [4.78, 5) is 22.2. The minimum Gasteiger partial charge on any atom is -0.328 e. The minimum atomic E-state index is -0.183. The van der Waals surface area contributed by atoms with Gasteiger partial charge < -0.3 is 11.1 Å². The minimum absolute atomic E-state index is 0.183. The van der Waals surface area contributed by atoms with Crippen molar-refractivity contribution in [2.24, 2.45) is 28.5 Å². The molecule has 32 heavy (non-hydrogen) atoms. The number of hydrogen-bond acceptors (Lipinski definition) is 4. The smallest absolute Gasteiger partial charge is 0.274 e. The van der Waals surface area contributed by atoms with Crippen LogP contribution in [0.5, 0.6) is 0 Å². The first-order valence-corrected chi connectivity index (χ1v) is 11.7. The quantitative estimate of drug-likeness (QED) is 0.625. The molecule has 0 spiro atoms. The first kappa shape index (κ1) is 20.8. The number of aromatic nitrogens is 1. The number of carbonyl (C=O) groups is 1. The third-order valence-corrected chi connectivity index (χ3v) is 7.04. The highest BCUT2D eigenvalue weighted by atomic mass is 16.1. The summed E-state index contributed by atoms with van der Waals surface area (Å²) in [5.74, 6) is 1.13. The Morgan fingerprint density at radius 1 is 1.00 bits per heavy atom. The molecule has 1 aliphatic carbocycles. The fourth-order valence-corrected chi connectivity index (χ4v) is 5.52. The third kappa shape index (κ3) is 4.44. The Bertz CT molecular complexity index is 1090. The van der Waals surface area contributed by atoms with E-state index in [-0.39, 0.29) is 17.9 Å². The fourth-order valence-electron chi connectivity index (χ4n) is 5.52. The van der Waals surface area contributed by atoms with Crippen molar-refractivity contribution < 1.29 is 4.79 Å². The second-order valence-corrected chi connectivity index (χ2v) is 9.28. The number of fused-ring (bicyclic) bond motifs is 8. The van der Waals surface area contributed by atoms with E-state index >= 15 is 0 Å². The SMILES string of the molecule is NC1CC2CCC=Cc3ccccc3-c3cccc(n3)C(=O)NC3=CN=CCC3C(C1)C2. The van der Waals surface area contributed by atoms with Crippen LogP contribution in [-0.4, -0.2) is 23.1 Å². The van der Waals surface area contributed by atoms with Crippen LogP contribution in [0.15, 0.2) is 65.4 Å². The molecule has 3 N–H and O–H groups in total. The summed E-state index contributed by atoms with van der Waals surface area (Å²) in [6.07, 6.45) is 14.5. The van der Waals surface area contributed by atoms with Crippen molar-refractivity contribution in [2.45, 2.75) is 44.6 Å². The van der Waals surface area contributed by atoms with E-state index in [4.69, 9.17) is 10.7 Å². The van der Waals surface area contributed by atoms with Gasteiger partial charge >= 0.3 is 0 Å². The predicted molar refractivity (Wildman–Crippen MR) is 129 cm³/mol. The van der Waals surface area contributed by atoms with E-state index in [1.165, 1.54) is 0 Å². The lowest BCUT2D eigenvalue weighted by Crippen LogP contribution is -2.39. The zero-order valence-electron chi connectivity index (χ0n) is 18.3. The molecule has 5 nitrogen and oxygen atoms in total. The number of pyridine rings is 1. The maximum absolute atomic E-state index is 13.2. The lowest BCUT2D eigenvalue weighted by Gasteiger charge is -2.38. The van der Waals surface area contributed by atoms with Crippen molar-refractivity contribution in [1.82, 2.24) is 10.3 Å². The van der Waals surface area contributed by atoms with Gasteiger partial charge in [0.15, 0.2) is 0 Å². The maximum Gasteiger partial charge on any atom is 0.274 e. The molecule has 1 amide bonds. The molecule has 5 rings (SSSR count). The molecule has 3 aliphatic rings. The first-order chi connectivity index (χ1) is 15.7. The van der Waals surface area contributed by atoms with E-state index in [0.717, 1.165) is 61.0 Å². The summed E-state index contributed by atoms with van der Waals surface area (Å²) in [6, 6.07) is 14.1. The van der Waals surface area contributed by atoms with Crippen molar-refractivity contribution in [2.75, 3.05) is 0 Å². The average molecular weight is 427 g/mol. The largest absolute Gasteiger partial charge is 0.328 e. The lowest BCUT2D eigenvalue weighted by molar-refractivity contribution is 0.0949. The summed E-state index contributed by atoms with van der Waals surface area (Å²) in [5, 5.41) is 3.14. The Balaban J connectivity index is 1.54. The van der Waals surface area contributed by atoms with E-state index < -0.39 is 0 Å². The second kappa shape index (κ2) is 9.21. The number of hydrogen-bond donors (Lipinski definition) is 2. The highest BCUT2D eigenvalue weighted by molar-refractivity contribution is 5.94. The van der Waals surface area contributed by atoms with Crippen molar-refractivity contribution in [1.29, 1.82) is 0 Å². The normalized spacial score (nSPS) is 27.7. The van der Waals surface area contributed by atoms with Crippen molar-refractivity contribution in [3.8, 4) is 11.3 Å². The van der Waals surface area contributed by atoms with Gasteiger partial charge in [-0.05, 0) is 68.1 Å². The molecule has 2 aromatic rings. The molecule has 5 heteroatoms. The van der Waals surface area contributed by atoms with Crippen LogP contribution >= 0.6 is 0 Å². The molecule has 2 aliphatic heterocycles. The summed E-state index contributed by atoms with van der Waals surface area (Å²) in [6.45, 7) is 0. The van der Waals surface area contributed by atoms with E-state index in [2.05, 4.69) is 34.6 Å². The number of carbonyl (C=O) groups excluding carboxylic acids is 1. The molecule has 1 aromatic heterocycles. The standard InChI is InChI=1S/C27H30N4O/c28-21-15-18-6-1-2-7-19-8-3-4-9-22(19)24-10-5-11-25(30-24)27(32)31-26-17-29-13-12-23(26)20(14-18)16-21/h2-5,7-11,13,17-18,20-21,23H,1,6,12,14-16,28H2,(H,31,32). The molecule has 4 atom stereocenters. The Labute approximate surface area is 189 Å². The van der Waals surface area contributed by atoms with Gasteiger partial charge in [-0.3, -0.25) is 9.79 Å². The molecule has 1 aromatic carbocycles. The molecule has 3 heterocycles. The molecule has 4 bridgehead atoms. The lowest BCUT2D eigenvalue weighted by atomic mass is 9.70. The summed E-state index contributed by atoms with van der Waals surface area (Å²) in [5.41, 5.74) is 10.8.